The molecule has 0 aliphatic rings. The van der Waals surface area contributed by atoms with Crippen molar-refractivity contribution < 1.29 is 13.2 Å². The van der Waals surface area contributed by atoms with E-state index in [4.69, 9.17) is 5.26 Å². The van der Waals surface area contributed by atoms with E-state index in [1.807, 2.05) is 6.07 Å². The van der Waals surface area contributed by atoms with E-state index in [1.54, 1.807) is 0 Å². The van der Waals surface area contributed by atoms with Crippen molar-refractivity contribution in [1.29, 1.82) is 5.26 Å². The van der Waals surface area contributed by atoms with Gasteiger partial charge in [-0.25, -0.2) is 0 Å². The molecule has 0 saturated carbocycles. The summed E-state index contributed by atoms with van der Waals surface area (Å²) in [5.41, 5.74) is 0.585. The van der Waals surface area contributed by atoms with Gasteiger partial charge in [-0.15, -0.1) is 0 Å². The lowest BCUT2D eigenvalue weighted by Crippen LogP contribution is -2.06. The minimum absolute atomic E-state index is 0.250. The number of nitriles is 1. The van der Waals surface area contributed by atoms with Gasteiger partial charge in [0.25, 0.3) is 0 Å². The number of rotatable bonds is 3. The first-order valence-corrected chi connectivity index (χ1v) is 5.83. The fourth-order valence-electron chi connectivity index (χ4n) is 1.34. The Kier molecular flexibility index (Phi) is 4.35. The molecule has 0 unspecified atom stereocenters. The van der Waals surface area contributed by atoms with Crippen LogP contribution in [0.4, 0.5) is 13.2 Å². The van der Waals surface area contributed by atoms with E-state index in [-0.39, 0.29) is 12.0 Å². The molecule has 0 aromatic heterocycles. The van der Waals surface area contributed by atoms with Crippen LogP contribution in [0.2, 0.25) is 0 Å². The topological polar surface area (TPSA) is 23.8 Å². The molecule has 0 spiro atoms. The summed E-state index contributed by atoms with van der Waals surface area (Å²) >= 11 is 3.17. The van der Waals surface area contributed by atoms with Crippen LogP contribution in [0, 0.1) is 11.3 Å². The summed E-state index contributed by atoms with van der Waals surface area (Å²) in [7, 11) is 0. The number of allylic oxidation sites excluding steroid dienone is 1. The molecule has 5 heteroatoms. The molecule has 0 amide bonds. The Labute approximate surface area is 106 Å². The normalized spacial score (nSPS) is 11.0. The largest absolute Gasteiger partial charge is 0.416 e. The number of halogens is 4. The lowest BCUT2D eigenvalue weighted by Gasteiger charge is -2.10. The van der Waals surface area contributed by atoms with E-state index in [0.29, 0.717) is 10.9 Å². The quantitative estimate of drug-likeness (QED) is 0.610. The van der Waals surface area contributed by atoms with Crippen LogP contribution in [0.25, 0.3) is 0 Å². The maximum Gasteiger partial charge on any atom is 0.416 e. The van der Waals surface area contributed by atoms with E-state index in [1.165, 1.54) is 6.07 Å². The van der Waals surface area contributed by atoms with Crippen molar-refractivity contribution in [1.82, 2.24) is 0 Å². The molecule has 0 fully saturated rings. The maximum atomic E-state index is 12.5. The maximum absolute atomic E-state index is 12.5. The van der Waals surface area contributed by atoms with Crippen LogP contribution >= 0.6 is 15.9 Å². The zero-order chi connectivity index (χ0) is 13.1. The van der Waals surface area contributed by atoms with Crippen LogP contribution in [-0.4, -0.2) is 5.33 Å². The first-order chi connectivity index (χ1) is 7.88. The molecule has 0 saturated heterocycles. The van der Waals surface area contributed by atoms with Gasteiger partial charge < -0.3 is 0 Å². The smallest absolute Gasteiger partial charge is 0.192 e. The lowest BCUT2D eigenvalue weighted by atomic mass is 9.99. The van der Waals surface area contributed by atoms with Crippen LogP contribution in [0.15, 0.2) is 30.4 Å². The SMILES string of the molecule is C=C(CBr)Cc1cc(C(F)(F)F)ccc1C#N. The average molecular weight is 304 g/mol. The molecule has 0 aliphatic carbocycles. The summed E-state index contributed by atoms with van der Waals surface area (Å²) in [6.07, 6.45) is -4.13. The molecule has 0 aliphatic heterocycles. The van der Waals surface area contributed by atoms with Gasteiger partial charge >= 0.3 is 6.18 Å². The van der Waals surface area contributed by atoms with E-state index >= 15 is 0 Å². The van der Waals surface area contributed by atoms with Gasteiger partial charge in [0.1, 0.15) is 0 Å². The van der Waals surface area contributed by atoms with Crippen LogP contribution in [0.3, 0.4) is 0 Å². The van der Waals surface area contributed by atoms with Crippen molar-refractivity contribution in [3.8, 4) is 6.07 Å². The van der Waals surface area contributed by atoms with Crippen LogP contribution in [0.5, 0.6) is 0 Å². The predicted molar refractivity (Wildman–Crippen MR) is 62.8 cm³/mol. The number of alkyl halides is 4. The molecular formula is C12H9BrF3N. The Morgan fingerprint density at radius 2 is 2.06 bits per heavy atom. The number of nitrogens with zero attached hydrogens (tertiary/aromatic N) is 1. The lowest BCUT2D eigenvalue weighted by molar-refractivity contribution is -0.137. The van der Waals surface area contributed by atoms with Gasteiger partial charge in [0.05, 0.1) is 17.2 Å². The average Bonchev–Trinajstić information content (AvgIpc) is 2.27. The second-order valence-electron chi connectivity index (χ2n) is 3.54. The van der Waals surface area contributed by atoms with Gasteiger partial charge in [-0.2, -0.15) is 18.4 Å². The van der Waals surface area contributed by atoms with Crippen molar-refractivity contribution in [3.05, 3.63) is 47.0 Å². The zero-order valence-corrected chi connectivity index (χ0v) is 10.4. The van der Waals surface area contributed by atoms with Gasteiger partial charge in [0.2, 0.25) is 0 Å². The fourth-order valence-corrected chi connectivity index (χ4v) is 1.54. The molecular weight excluding hydrogens is 295 g/mol. The highest BCUT2D eigenvalue weighted by Crippen LogP contribution is 2.31. The second-order valence-corrected chi connectivity index (χ2v) is 4.10. The van der Waals surface area contributed by atoms with Gasteiger partial charge in [0.15, 0.2) is 0 Å². The summed E-state index contributed by atoms with van der Waals surface area (Å²) in [6.45, 7) is 3.70. The first-order valence-electron chi connectivity index (χ1n) is 4.71. The van der Waals surface area contributed by atoms with Crippen molar-refractivity contribution >= 4 is 15.9 Å². The summed E-state index contributed by atoms with van der Waals surface area (Å²) in [5.74, 6) is 0. The van der Waals surface area contributed by atoms with Crippen molar-refractivity contribution in [2.24, 2.45) is 0 Å². The monoisotopic (exact) mass is 303 g/mol. The molecule has 1 nitrogen and oxygen atoms in total. The molecule has 1 aromatic carbocycles. The summed E-state index contributed by atoms with van der Waals surface area (Å²) < 4.78 is 37.5. The molecule has 0 heterocycles. The highest BCUT2D eigenvalue weighted by Gasteiger charge is 2.30. The van der Waals surface area contributed by atoms with Crippen molar-refractivity contribution in [2.75, 3.05) is 5.33 Å². The van der Waals surface area contributed by atoms with Crippen molar-refractivity contribution in [2.45, 2.75) is 12.6 Å². The van der Waals surface area contributed by atoms with E-state index in [2.05, 4.69) is 22.5 Å². The van der Waals surface area contributed by atoms with E-state index in [0.717, 1.165) is 17.7 Å². The molecule has 17 heavy (non-hydrogen) atoms. The third kappa shape index (κ3) is 3.60. The Bertz CT molecular complexity index is 472. The Morgan fingerprint density at radius 3 is 2.53 bits per heavy atom. The number of benzene rings is 1. The predicted octanol–water partition coefficient (Wildman–Crippen LogP) is 4.07. The standard InChI is InChI=1S/C12H9BrF3N/c1-8(6-13)4-10-5-11(12(14,15)16)3-2-9(10)7-17/h2-3,5H,1,4,6H2. The molecule has 1 aromatic rings. The van der Waals surface area contributed by atoms with Crippen molar-refractivity contribution in [3.63, 3.8) is 0 Å². The van der Waals surface area contributed by atoms with Gasteiger partial charge in [-0.1, -0.05) is 28.1 Å². The third-order valence-electron chi connectivity index (χ3n) is 2.18. The molecule has 0 N–H and O–H groups in total. The second kappa shape index (κ2) is 5.37. The highest BCUT2D eigenvalue weighted by molar-refractivity contribution is 9.09. The first kappa shape index (κ1) is 13.8. The summed E-state index contributed by atoms with van der Waals surface area (Å²) in [4.78, 5) is 0. The number of hydrogen-bond acceptors (Lipinski definition) is 1. The van der Waals surface area contributed by atoms with E-state index in [9.17, 15) is 13.2 Å². The van der Waals surface area contributed by atoms with Crippen LogP contribution in [-0.2, 0) is 12.6 Å². The van der Waals surface area contributed by atoms with Crippen LogP contribution < -0.4 is 0 Å². The summed E-state index contributed by atoms with van der Waals surface area (Å²) in [6, 6.07) is 5.00. The minimum Gasteiger partial charge on any atom is -0.192 e. The molecule has 0 bridgehead atoms. The van der Waals surface area contributed by atoms with Crippen LogP contribution in [0.1, 0.15) is 16.7 Å². The fraction of sp³-hybridized carbons (Fsp3) is 0.250. The molecule has 0 atom stereocenters. The Balaban J connectivity index is 3.17. The molecule has 1 rings (SSSR count). The highest BCUT2D eigenvalue weighted by atomic mass is 79.9. The Hall–Kier alpha value is -1.28. The number of hydrogen-bond donors (Lipinski definition) is 0. The van der Waals surface area contributed by atoms with E-state index < -0.39 is 11.7 Å². The minimum atomic E-state index is -4.39. The van der Waals surface area contributed by atoms with Gasteiger partial charge in [0, 0.05) is 5.33 Å². The van der Waals surface area contributed by atoms with Gasteiger partial charge in [-0.3, -0.25) is 0 Å². The zero-order valence-electron chi connectivity index (χ0n) is 8.81. The van der Waals surface area contributed by atoms with Gasteiger partial charge in [-0.05, 0) is 30.2 Å². The third-order valence-corrected chi connectivity index (χ3v) is 2.98. The summed E-state index contributed by atoms with van der Waals surface area (Å²) in [5, 5.41) is 9.32. The molecule has 90 valence electrons. The Morgan fingerprint density at radius 1 is 1.41 bits per heavy atom. The molecule has 0 radical (unpaired) electrons.